The Balaban J connectivity index is 0.00000833. The number of hydrogen-bond acceptors (Lipinski definition) is 3. The molecule has 0 spiro atoms. The van der Waals surface area contributed by atoms with Crippen molar-refractivity contribution in [3.63, 3.8) is 0 Å². The number of aromatic nitrogens is 5. The normalized spacial score (nSPS) is 12.1. The van der Waals surface area contributed by atoms with Gasteiger partial charge in [-0.25, -0.2) is 4.98 Å². The van der Waals surface area contributed by atoms with Gasteiger partial charge in [0.25, 0.3) is 6.33 Å². The van der Waals surface area contributed by atoms with Crippen LogP contribution in [-0.2, 0) is 42.7 Å². The van der Waals surface area contributed by atoms with Crippen LogP contribution in [0.1, 0.15) is 105 Å². The Hall–Kier alpha value is -10.0. The van der Waals surface area contributed by atoms with Crippen molar-refractivity contribution in [1.29, 1.82) is 0 Å². The quantitative estimate of drug-likeness (QED) is 0.0905. The van der Waals surface area contributed by atoms with Crippen LogP contribution in [0.15, 0.2) is 261 Å². The van der Waals surface area contributed by atoms with Gasteiger partial charge in [0.1, 0.15) is 5.82 Å². The molecular weight excluding hydrogens is 1350 g/mol. The number of fused-ring (bicyclic) bond motifs is 3. The van der Waals surface area contributed by atoms with Crippen molar-refractivity contribution in [2.45, 2.75) is 105 Å². The van der Waals surface area contributed by atoms with Gasteiger partial charge in [-0.3, -0.25) is 0 Å². The summed E-state index contributed by atoms with van der Waals surface area (Å²) in [4.78, 5) is 5.02. The van der Waals surface area contributed by atoms with Crippen LogP contribution >= 0.6 is 0 Å². The first kappa shape index (κ1) is 64.7. The molecule has 0 bridgehead atoms. The molecule has 0 aliphatic rings. The van der Waals surface area contributed by atoms with Gasteiger partial charge in [-0.1, -0.05) is 264 Å². The first-order valence-corrected chi connectivity index (χ1v) is 33.0. The molecule has 7 heteroatoms. The summed E-state index contributed by atoms with van der Waals surface area (Å²) in [5.74, 6) is 2.54. The van der Waals surface area contributed by atoms with Gasteiger partial charge in [-0.2, -0.15) is 22.9 Å². The van der Waals surface area contributed by atoms with Crippen molar-refractivity contribution >= 4 is 21.8 Å². The standard InChI is InChI=1S/C89H79N5O.Pt/c1-86(2,3)69-39-42-81-80(54-69)79-41-40-76(57-82(79)94(81)83-55-70(43-44-90-83)87(4,5)6)95-75-36-25-35-73(56-75)92-58-93(74-52-71(88(7,8)9)51-72(53-74)89(10,11)12)91-85(92)84-77(67-47-63(59-27-17-13-18-28-59)45-64(48-67)60-29-19-14-20-30-60)37-26-38-78(84)68-49-65(61-31-21-15-22-32-61)46-66(50-68)62-33-23-16-24-34-62;/h13-55H,1-12H3;/q-2;. The molecule has 96 heavy (non-hydrogen) atoms. The molecule has 0 aliphatic heterocycles. The second-order valence-electron chi connectivity index (χ2n) is 29.3. The zero-order valence-corrected chi connectivity index (χ0v) is 59.1. The molecule has 3 heterocycles. The molecule has 6 nitrogen and oxygen atoms in total. The van der Waals surface area contributed by atoms with Gasteiger partial charge in [0.2, 0.25) is 0 Å². The Morgan fingerprint density at radius 3 is 1.32 bits per heavy atom. The summed E-state index contributed by atoms with van der Waals surface area (Å²) < 4.78 is 13.3. The Labute approximate surface area is 580 Å². The molecule has 0 radical (unpaired) electrons. The number of rotatable bonds is 12. The minimum atomic E-state index is -0.168. The van der Waals surface area contributed by atoms with E-state index in [9.17, 15) is 0 Å². The van der Waals surface area contributed by atoms with E-state index in [1.807, 2.05) is 29.1 Å². The van der Waals surface area contributed by atoms with Crippen LogP contribution in [0, 0.1) is 18.5 Å². The predicted octanol–water partition coefficient (Wildman–Crippen LogP) is 22.7. The molecule has 0 saturated carbocycles. The zero-order valence-electron chi connectivity index (χ0n) is 56.8. The van der Waals surface area contributed by atoms with Gasteiger partial charge >= 0.3 is 0 Å². The van der Waals surface area contributed by atoms with E-state index in [4.69, 9.17) is 14.8 Å². The fourth-order valence-electron chi connectivity index (χ4n) is 12.8. The predicted molar refractivity (Wildman–Crippen MR) is 393 cm³/mol. The summed E-state index contributed by atoms with van der Waals surface area (Å²) in [7, 11) is 0. The summed E-state index contributed by atoms with van der Waals surface area (Å²) in [6.07, 6.45) is 5.80. The molecule has 14 rings (SSSR count). The van der Waals surface area contributed by atoms with Gasteiger partial charge in [0.15, 0.2) is 5.82 Å². The number of pyridine rings is 1. The minimum Gasteiger partial charge on any atom is -0.510 e. The average Bonchev–Trinajstić information content (AvgIpc) is 1.53. The SMILES string of the molecule is CC(C)(C)c1cc(-[n+]2[c-]n(-c3[c-]c(Oc4[c-]c5c(cc4)c4cc(C(C)(C)C)ccc4n5-c4cc(C(C)(C)C)ccn4)ccc3)c(-c3c(-c4cc(-c5ccccc5)cc(-c5ccccc5)c4)cccc3-c3cc(-c4ccccc4)cc(-c4ccccc4)c3)n2)cc(C(C)(C)C)c1.[Pt]. The second-order valence-corrected chi connectivity index (χ2v) is 29.3. The molecule has 11 aromatic carbocycles. The molecule has 0 atom stereocenters. The first-order chi connectivity index (χ1) is 45.6. The van der Waals surface area contributed by atoms with Gasteiger partial charge in [0.05, 0.1) is 5.69 Å². The fraction of sp³-hybridized carbons (Fsp3) is 0.180. The maximum atomic E-state index is 7.04. The van der Waals surface area contributed by atoms with Crippen LogP contribution in [0.4, 0.5) is 0 Å². The molecule has 0 unspecified atom stereocenters. The van der Waals surface area contributed by atoms with Crippen LogP contribution < -0.4 is 9.42 Å². The fourth-order valence-corrected chi connectivity index (χ4v) is 12.8. The third-order valence-electron chi connectivity index (χ3n) is 18.3. The van der Waals surface area contributed by atoms with E-state index in [1.54, 1.807) is 0 Å². The first-order valence-electron chi connectivity index (χ1n) is 33.0. The van der Waals surface area contributed by atoms with Crippen LogP contribution in [0.3, 0.4) is 0 Å². The number of ether oxygens (including phenoxy) is 1. The van der Waals surface area contributed by atoms with E-state index in [0.29, 0.717) is 23.0 Å². The molecule has 478 valence electrons. The van der Waals surface area contributed by atoms with Crippen molar-refractivity contribution in [3.8, 4) is 107 Å². The molecule has 0 aliphatic carbocycles. The van der Waals surface area contributed by atoms with Gasteiger partial charge in [-0.15, -0.1) is 34.8 Å². The van der Waals surface area contributed by atoms with E-state index < -0.39 is 0 Å². The molecule has 0 saturated heterocycles. The number of hydrogen-bond donors (Lipinski definition) is 0. The molecule has 3 aromatic heterocycles. The number of benzene rings is 11. The summed E-state index contributed by atoms with van der Waals surface area (Å²) in [5.41, 5.74) is 21.8. The zero-order chi connectivity index (χ0) is 66.0. The summed E-state index contributed by atoms with van der Waals surface area (Å²) >= 11 is 0. The summed E-state index contributed by atoms with van der Waals surface area (Å²) in [5, 5.41) is 8.07. The van der Waals surface area contributed by atoms with Crippen molar-refractivity contribution in [3.05, 3.63) is 302 Å². The van der Waals surface area contributed by atoms with E-state index >= 15 is 0 Å². The Kier molecular flexibility index (Phi) is 17.3. The largest absolute Gasteiger partial charge is 0.510 e. The monoisotopic (exact) mass is 1430 g/mol. The Morgan fingerprint density at radius 2 is 0.833 bits per heavy atom. The van der Waals surface area contributed by atoms with E-state index in [-0.39, 0.29) is 42.7 Å². The van der Waals surface area contributed by atoms with E-state index in [2.05, 4.69) is 347 Å². The van der Waals surface area contributed by atoms with Crippen molar-refractivity contribution < 1.29 is 30.5 Å². The molecule has 0 N–H and O–H groups in total. The van der Waals surface area contributed by atoms with E-state index in [1.165, 1.54) is 22.3 Å². The average molecular weight is 1430 g/mol. The smallest absolute Gasteiger partial charge is 0.272 e. The second kappa shape index (κ2) is 25.6. The third-order valence-corrected chi connectivity index (χ3v) is 18.3. The van der Waals surface area contributed by atoms with Gasteiger partial charge < -0.3 is 13.9 Å². The topological polar surface area (TPSA) is 48.8 Å². The summed E-state index contributed by atoms with van der Waals surface area (Å²) in [6.45, 7) is 27.2. The van der Waals surface area contributed by atoms with E-state index in [0.717, 1.165) is 106 Å². The molecule has 14 aromatic rings. The minimum absolute atomic E-state index is 0. The molecule has 0 amide bonds. The van der Waals surface area contributed by atoms with Gasteiger partial charge in [0, 0.05) is 49.8 Å². The molecule has 0 fully saturated rings. The van der Waals surface area contributed by atoms with Crippen molar-refractivity contribution in [1.82, 2.24) is 19.2 Å². The maximum absolute atomic E-state index is 7.04. The van der Waals surface area contributed by atoms with Crippen molar-refractivity contribution in [2.24, 2.45) is 0 Å². The summed E-state index contributed by atoms with van der Waals surface area (Å²) in [6, 6.07) is 99.3. The number of nitrogens with zero attached hydrogens (tertiary/aromatic N) is 5. The van der Waals surface area contributed by atoms with Crippen molar-refractivity contribution in [2.75, 3.05) is 0 Å². The Bertz CT molecular complexity index is 4880. The van der Waals surface area contributed by atoms with Crippen LogP contribution in [0.2, 0.25) is 0 Å². The maximum Gasteiger partial charge on any atom is 0.272 e. The van der Waals surface area contributed by atoms with Crippen LogP contribution in [0.5, 0.6) is 11.5 Å². The van der Waals surface area contributed by atoms with Crippen LogP contribution in [0.25, 0.3) is 117 Å². The third kappa shape index (κ3) is 13.1. The molecular formula is C89H79N5OPt-2. The van der Waals surface area contributed by atoms with Crippen LogP contribution in [-0.4, -0.2) is 19.2 Å². The Morgan fingerprint density at radius 1 is 0.375 bits per heavy atom. The van der Waals surface area contributed by atoms with Gasteiger partial charge in [-0.05, 0) is 171 Å².